The van der Waals surface area contributed by atoms with E-state index < -0.39 is 0 Å². The van der Waals surface area contributed by atoms with Crippen molar-refractivity contribution >= 4 is 30.8 Å². The van der Waals surface area contributed by atoms with Gasteiger partial charge in [0.2, 0.25) is 0 Å². The van der Waals surface area contributed by atoms with Gasteiger partial charge in [0, 0.05) is 43.7 Å². The van der Waals surface area contributed by atoms with Gasteiger partial charge in [-0.15, -0.1) is 0 Å². The number of nitrogens with two attached hydrogens (primary N) is 1. The van der Waals surface area contributed by atoms with Crippen LogP contribution in [0.4, 0.5) is 0 Å². The molecule has 38 heavy (non-hydrogen) atoms. The molecule has 0 bridgehead atoms. The molecule has 0 saturated carbocycles. The maximum atomic E-state index is 9.01. The van der Waals surface area contributed by atoms with E-state index in [0.29, 0.717) is 18.0 Å². The van der Waals surface area contributed by atoms with Gasteiger partial charge in [-0.25, -0.2) is 9.98 Å². The Morgan fingerprint density at radius 3 is 2.55 bits per heavy atom. The van der Waals surface area contributed by atoms with Crippen LogP contribution in [-0.4, -0.2) is 68.4 Å². The first-order valence-electron chi connectivity index (χ1n) is 12.9. The van der Waals surface area contributed by atoms with E-state index in [1.807, 2.05) is 48.7 Å². The summed E-state index contributed by atoms with van der Waals surface area (Å²) in [5.74, 6) is 0.825. The topological polar surface area (TPSA) is 115 Å². The van der Waals surface area contributed by atoms with E-state index in [2.05, 4.69) is 55.6 Å². The van der Waals surface area contributed by atoms with Crippen molar-refractivity contribution in [1.82, 2.24) is 10.2 Å². The molecule has 0 spiro atoms. The number of nitrogens with one attached hydrogen (secondary N) is 2. The fourth-order valence-corrected chi connectivity index (χ4v) is 4.83. The number of benzene rings is 2. The average molecular weight is 509 g/mol. The van der Waals surface area contributed by atoms with Gasteiger partial charge in [0.05, 0.1) is 23.7 Å². The number of aliphatic imine (C=N–C) groups is 4. The van der Waals surface area contributed by atoms with Gasteiger partial charge < -0.3 is 16.0 Å². The summed E-state index contributed by atoms with van der Waals surface area (Å²) in [5, 5.41) is 12.5. The second-order valence-corrected chi connectivity index (χ2v) is 9.53. The van der Waals surface area contributed by atoms with Gasteiger partial charge >= 0.3 is 0 Å². The summed E-state index contributed by atoms with van der Waals surface area (Å²) in [7, 11) is 1.70. The molecule has 196 valence electrons. The molecular formula is C30H36N8. The summed E-state index contributed by atoms with van der Waals surface area (Å²) in [5.41, 5.74) is 11.2. The highest BCUT2D eigenvalue weighted by molar-refractivity contribution is 6.28. The summed E-state index contributed by atoms with van der Waals surface area (Å²) in [4.78, 5) is 19.2. The van der Waals surface area contributed by atoms with Gasteiger partial charge in [0.25, 0.3) is 0 Å². The second kappa shape index (κ2) is 12.8. The molecule has 2 heterocycles. The van der Waals surface area contributed by atoms with Crippen LogP contribution in [0.2, 0.25) is 0 Å². The van der Waals surface area contributed by atoms with Crippen LogP contribution in [0.15, 0.2) is 98.2 Å². The van der Waals surface area contributed by atoms with E-state index >= 15 is 0 Å². The first kappa shape index (κ1) is 26.7. The standard InChI is InChI=1S/C30H36N8/c1-21(25-17-35-20-36-18-25)38-15-7-10-26(19-38)37-30(34-3)27(29(32)33-2)28(31)24-13-11-23(12-14-24)16-22-8-5-4-6-9-22/h4-6,8-9,11-14,17,20,25-26,31H,1-2,7,10,15-16,18-19,32H2,3H3,(H,34,37)/b29-27-,31-28?/t25?,26-/m1/s1. The van der Waals surface area contributed by atoms with E-state index in [1.165, 1.54) is 11.1 Å². The van der Waals surface area contributed by atoms with E-state index in [-0.39, 0.29) is 23.5 Å². The highest BCUT2D eigenvalue weighted by Crippen LogP contribution is 2.22. The predicted octanol–water partition coefficient (Wildman–Crippen LogP) is 3.84. The molecule has 1 saturated heterocycles. The Bertz CT molecular complexity index is 1270. The molecule has 0 aliphatic carbocycles. The number of amidine groups is 1. The van der Waals surface area contributed by atoms with E-state index in [0.717, 1.165) is 43.6 Å². The quantitative estimate of drug-likeness (QED) is 0.353. The molecular weight excluding hydrogens is 472 g/mol. The lowest BCUT2D eigenvalue weighted by Crippen LogP contribution is -2.49. The first-order valence-corrected chi connectivity index (χ1v) is 12.9. The molecule has 2 aliphatic rings. The molecule has 2 aromatic carbocycles. The number of likely N-dealkylation sites (tertiary alicyclic amines) is 1. The van der Waals surface area contributed by atoms with Gasteiger partial charge in [-0.2, -0.15) is 0 Å². The smallest absolute Gasteiger partial charge is 0.135 e. The molecule has 0 radical (unpaired) electrons. The molecule has 0 aromatic heterocycles. The number of rotatable bonds is 9. The molecule has 1 fully saturated rings. The summed E-state index contributed by atoms with van der Waals surface area (Å²) in [6.07, 6.45) is 6.31. The Hall–Kier alpha value is -4.33. The normalized spacial score (nSPS) is 20.0. The van der Waals surface area contributed by atoms with Crippen LogP contribution in [0.1, 0.15) is 29.5 Å². The van der Waals surface area contributed by atoms with Crippen LogP contribution in [-0.2, 0) is 6.42 Å². The number of hydrogen-bond acceptors (Lipinski definition) is 7. The summed E-state index contributed by atoms with van der Waals surface area (Å²) < 4.78 is 0. The van der Waals surface area contributed by atoms with Crippen molar-refractivity contribution in [1.29, 1.82) is 5.41 Å². The van der Waals surface area contributed by atoms with Gasteiger partial charge in [0.15, 0.2) is 0 Å². The second-order valence-electron chi connectivity index (χ2n) is 9.53. The molecule has 4 N–H and O–H groups in total. The third-order valence-corrected chi connectivity index (χ3v) is 6.94. The van der Waals surface area contributed by atoms with Crippen molar-refractivity contribution in [3.8, 4) is 0 Å². The van der Waals surface area contributed by atoms with Gasteiger partial charge in [-0.3, -0.25) is 15.4 Å². The summed E-state index contributed by atoms with van der Waals surface area (Å²) >= 11 is 0. The Labute approximate surface area is 225 Å². The Balaban J connectivity index is 1.47. The van der Waals surface area contributed by atoms with Crippen LogP contribution >= 0.6 is 0 Å². The zero-order valence-corrected chi connectivity index (χ0v) is 22.0. The van der Waals surface area contributed by atoms with Gasteiger partial charge in [-0.1, -0.05) is 61.2 Å². The maximum Gasteiger partial charge on any atom is 0.135 e. The third kappa shape index (κ3) is 6.51. The highest BCUT2D eigenvalue weighted by atomic mass is 15.2. The molecule has 2 aromatic rings. The van der Waals surface area contributed by atoms with E-state index in [9.17, 15) is 0 Å². The summed E-state index contributed by atoms with van der Waals surface area (Å²) in [6.45, 7) is 10.3. The zero-order chi connectivity index (χ0) is 26.9. The number of hydrogen-bond donors (Lipinski definition) is 3. The minimum atomic E-state index is 0.108. The number of nitrogens with zero attached hydrogens (tertiary/aromatic N) is 5. The van der Waals surface area contributed by atoms with Crippen molar-refractivity contribution in [3.63, 3.8) is 0 Å². The number of piperidine rings is 1. The van der Waals surface area contributed by atoms with Crippen LogP contribution in [0, 0.1) is 11.3 Å². The van der Waals surface area contributed by atoms with Crippen LogP contribution in [0.25, 0.3) is 0 Å². The maximum absolute atomic E-state index is 9.01. The molecule has 0 amide bonds. The summed E-state index contributed by atoms with van der Waals surface area (Å²) in [6, 6.07) is 18.4. The Morgan fingerprint density at radius 1 is 1.16 bits per heavy atom. The molecule has 2 aliphatic heterocycles. The van der Waals surface area contributed by atoms with E-state index in [1.54, 1.807) is 13.4 Å². The van der Waals surface area contributed by atoms with Crippen LogP contribution < -0.4 is 11.1 Å². The van der Waals surface area contributed by atoms with Crippen LogP contribution in [0.3, 0.4) is 0 Å². The van der Waals surface area contributed by atoms with Crippen molar-refractivity contribution < 1.29 is 0 Å². The lowest BCUT2D eigenvalue weighted by molar-refractivity contribution is 0.237. The minimum absolute atomic E-state index is 0.108. The molecule has 4 rings (SSSR count). The van der Waals surface area contributed by atoms with Crippen LogP contribution in [0.5, 0.6) is 0 Å². The molecule has 1 unspecified atom stereocenters. The fraction of sp³-hybridized carbons (Fsp3) is 0.300. The monoisotopic (exact) mass is 508 g/mol. The zero-order valence-electron chi connectivity index (χ0n) is 22.0. The average Bonchev–Trinajstić information content (AvgIpc) is 2.97. The lowest BCUT2D eigenvalue weighted by atomic mass is 9.97. The molecule has 8 heteroatoms. The van der Waals surface area contributed by atoms with Crippen molar-refractivity contribution in [2.75, 3.05) is 26.7 Å². The SMILES string of the molecule is C=N/C(N)=C(C(=N)c1ccc(Cc2ccccc2)cc1)\C(=N/C)N[C@@H]1CCCN(C(=C)C2C=NC=NC2)C1. The lowest BCUT2D eigenvalue weighted by Gasteiger charge is -2.38. The largest absolute Gasteiger partial charge is 0.383 e. The molecule has 2 atom stereocenters. The van der Waals surface area contributed by atoms with E-state index in [4.69, 9.17) is 11.1 Å². The first-order chi connectivity index (χ1) is 18.5. The predicted molar refractivity (Wildman–Crippen MR) is 159 cm³/mol. The third-order valence-electron chi connectivity index (χ3n) is 6.94. The minimum Gasteiger partial charge on any atom is -0.383 e. The molecule has 8 nitrogen and oxygen atoms in total. The van der Waals surface area contributed by atoms with Crippen molar-refractivity contribution in [3.05, 3.63) is 95.0 Å². The van der Waals surface area contributed by atoms with Gasteiger partial charge in [-0.05, 0) is 37.1 Å². The Kier molecular flexibility index (Phi) is 8.98. The Morgan fingerprint density at radius 2 is 1.89 bits per heavy atom. The fourth-order valence-electron chi connectivity index (χ4n) is 4.83. The van der Waals surface area contributed by atoms with Gasteiger partial charge in [0.1, 0.15) is 18.0 Å². The highest BCUT2D eigenvalue weighted by Gasteiger charge is 2.27. The van der Waals surface area contributed by atoms with Crippen molar-refractivity contribution in [2.24, 2.45) is 31.6 Å². The van der Waals surface area contributed by atoms with Crippen molar-refractivity contribution in [2.45, 2.75) is 25.3 Å².